The molecule has 0 atom stereocenters. The summed E-state index contributed by atoms with van der Waals surface area (Å²) in [4.78, 5) is 17.8. The van der Waals surface area contributed by atoms with E-state index in [1.165, 1.54) is 6.07 Å². The van der Waals surface area contributed by atoms with Crippen molar-refractivity contribution in [3.8, 4) is 11.1 Å². The van der Waals surface area contributed by atoms with Crippen LogP contribution in [0.1, 0.15) is 48.6 Å². The fraction of sp³-hybridized carbons (Fsp3) is 0.360. The van der Waals surface area contributed by atoms with Gasteiger partial charge in [0.1, 0.15) is 10.9 Å². The molecule has 35 heavy (non-hydrogen) atoms. The number of primary sulfonamides is 1. The van der Waals surface area contributed by atoms with Crippen molar-refractivity contribution in [1.29, 1.82) is 0 Å². The molecule has 0 aliphatic heterocycles. The number of aromatic nitrogens is 2. The van der Waals surface area contributed by atoms with E-state index < -0.39 is 10.0 Å². The molecule has 0 saturated carbocycles. The highest BCUT2D eigenvalue weighted by atomic mass is 32.2. The summed E-state index contributed by atoms with van der Waals surface area (Å²) in [5.74, 6) is 0.493. The van der Waals surface area contributed by atoms with Gasteiger partial charge in [0.25, 0.3) is 0 Å². The molecule has 0 fully saturated rings. The van der Waals surface area contributed by atoms with Crippen LogP contribution in [0.25, 0.3) is 11.1 Å². The summed E-state index contributed by atoms with van der Waals surface area (Å²) in [6, 6.07) is 14.3. The van der Waals surface area contributed by atoms with E-state index in [1.54, 1.807) is 48.6 Å². The Labute approximate surface area is 215 Å². The summed E-state index contributed by atoms with van der Waals surface area (Å²) >= 11 is 3.22. The highest BCUT2D eigenvalue weighted by Crippen LogP contribution is 2.30. The number of nitrogens with zero attached hydrogens (tertiary/aromatic N) is 2. The van der Waals surface area contributed by atoms with Crippen LogP contribution in [-0.4, -0.2) is 41.9 Å². The molecular weight excluding hydrogens is 502 g/mol. The molecule has 0 aliphatic carbocycles. The minimum atomic E-state index is -3.85. The average Bonchev–Trinajstić information content (AvgIpc) is 3.18. The van der Waals surface area contributed by atoms with Crippen molar-refractivity contribution in [3.63, 3.8) is 0 Å². The fourth-order valence-electron chi connectivity index (χ4n) is 3.71. The number of imidazole rings is 1. The third kappa shape index (κ3) is 6.91. The number of nitrogens with two attached hydrogens (primary N) is 1. The number of ether oxygens (including phenoxy) is 1. The number of thioether (sulfide) groups is 2. The summed E-state index contributed by atoms with van der Waals surface area (Å²) in [7, 11) is -3.85. The van der Waals surface area contributed by atoms with Crippen molar-refractivity contribution in [1.82, 2.24) is 9.55 Å². The number of rotatable bonds is 12. The van der Waals surface area contributed by atoms with E-state index in [9.17, 15) is 13.2 Å². The largest absolute Gasteiger partial charge is 0.461 e. The van der Waals surface area contributed by atoms with Gasteiger partial charge in [-0.2, -0.15) is 11.8 Å². The van der Waals surface area contributed by atoms with Crippen LogP contribution in [0.15, 0.2) is 58.5 Å². The zero-order valence-electron chi connectivity index (χ0n) is 20.2. The Morgan fingerprint density at radius 3 is 2.46 bits per heavy atom. The number of benzene rings is 2. The van der Waals surface area contributed by atoms with Gasteiger partial charge in [-0.05, 0) is 36.8 Å². The second kappa shape index (κ2) is 12.6. The average molecular weight is 534 g/mol. The molecule has 3 aromatic rings. The summed E-state index contributed by atoms with van der Waals surface area (Å²) in [5, 5.41) is 6.89. The van der Waals surface area contributed by atoms with Gasteiger partial charge in [-0.3, -0.25) is 0 Å². The molecule has 2 N–H and O–H groups in total. The van der Waals surface area contributed by atoms with E-state index in [0.29, 0.717) is 29.4 Å². The van der Waals surface area contributed by atoms with Crippen LogP contribution in [-0.2, 0) is 27.7 Å². The number of esters is 1. The van der Waals surface area contributed by atoms with Gasteiger partial charge < -0.3 is 9.30 Å². The molecule has 0 radical (unpaired) electrons. The van der Waals surface area contributed by atoms with Crippen molar-refractivity contribution in [2.75, 3.05) is 17.9 Å². The molecule has 3 rings (SSSR count). The lowest BCUT2D eigenvalue weighted by Gasteiger charge is -2.13. The molecular formula is C25H31N3O4S3. The quantitative estimate of drug-likeness (QED) is 0.194. The van der Waals surface area contributed by atoms with E-state index in [-0.39, 0.29) is 10.9 Å². The van der Waals surface area contributed by atoms with Crippen LogP contribution >= 0.6 is 23.5 Å². The summed E-state index contributed by atoms with van der Waals surface area (Å²) < 4.78 is 31.4. The lowest BCUT2D eigenvalue weighted by Crippen LogP contribution is -2.16. The second-order valence-electron chi connectivity index (χ2n) is 7.88. The molecule has 1 aromatic heterocycles. The minimum absolute atomic E-state index is 0.0873. The lowest BCUT2D eigenvalue weighted by atomic mass is 10.0. The number of hydrogen-bond acceptors (Lipinski definition) is 7. The molecule has 0 bridgehead atoms. The molecule has 10 heteroatoms. The predicted octanol–water partition coefficient (Wildman–Crippen LogP) is 5.18. The summed E-state index contributed by atoms with van der Waals surface area (Å²) in [5.41, 5.74) is 2.75. The zero-order valence-corrected chi connectivity index (χ0v) is 22.6. The fourth-order valence-corrected chi connectivity index (χ4v) is 5.89. The monoisotopic (exact) mass is 533 g/mol. The van der Waals surface area contributed by atoms with Gasteiger partial charge in [0.15, 0.2) is 5.69 Å². The Bertz CT molecular complexity index is 1260. The highest BCUT2D eigenvalue weighted by molar-refractivity contribution is 8.15. The SMILES string of the molecule is CCCCc1nc(SCSC)c(C(=O)OCC)n1Cc1ccc(-c2ccccc2S(N)(=O)=O)cc1. The van der Waals surface area contributed by atoms with Crippen molar-refractivity contribution < 1.29 is 17.9 Å². The van der Waals surface area contributed by atoms with Gasteiger partial charge in [0, 0.05) is 23.6 Å². The van der Waals surface area contributed by atoms with E-state index in [0.717, 1.165) is 41.3 Å². The summed E-state index contributed by atoms with van der Waals surface area (Å²) in [6.07, 6.45) is 4.77. The third-order valence-corrected chi connectivity index (χ3v) is 8.29. The van der Waals surface area contributed by atoms with Crippen molar-refractivity contribution in [3.05, 3.63) is 65.6 Å². The number of carbonyl (C=O) groups is 1. The molecule has 7 nitrogen and oxygen atoms in total. The van der Waals surface area contributed by atoms with E-state index in [4.69, 9.17) is 14.9 Å². The van der Waals surface area contributed by atoms with Crippen LogP contribution in [0.4, 0.5) is 0 Å². The topological polar surface area (TPSA) is 104 Å². The van der Waals surface area contributed by atoms with Crippen molar-refractivity contribution in [2.24, 2.45) is 5.14 Å². The van der Waals surface area contributed by atoms with Crippen LogP contribution in [0.5, 0.6) is 0 Å². The maximum Gasteiger partial charge on any atom is 0.357 e. The Hall–Kier alpha value is -2.27. The van der Waals surface area contributed by atoms with Gasteiger partial charge in [0.05, 0.1) is 11.5 Å². The van der Waals surface area contributed by atoms with E-state index in [2.05, 4.69) is 6.92 Å². The normalized spacial score (nSPS) is 11.5. The molecule has 0 aliphatic rings. The lowest BCUT2D eigenvalue weighted by molar-refractivity contribution is 0.0509. The van der Waals surface area contributed by atoms with Crippen LogP contribution in [0, 0.1) is 0 Å². The smallest absolute Gasteiger partial charge is 0.357 e. The maximum atomic E-state index is 12.9. The van der Waals surface area contributed by atoms with Gasteiger partial charge in [-0.15, -0.1) is 0 Å². The first kappa shape index (κ1) is 27.3. The van der Waals surface area contributed by atoms with Crippen molar-refractivity contribution in [2.45, 2.75) is 49.6 Å². The molecule has 0 spiro atoms. The molecule has 0 amide bonds. The van der Waals surface area contributed by atoms with E-state index in [1.807, 2.05) is 35.1 Å². The highest BCUT2D eigenvalue weighted by Gasteiger charge is 2.24. The van der Waals surface area contributed by atoms with Crippen LogP contribution in [0.2, 0.25) is 0 Å². The molecule has 0 unspecified atom stereocenters. The van der Waals surface area contributed by atoms with Gasteiger partial charge >= 0.3 is 5.97 Å². The predicted molar refractivity (Wildman–Crippen MR) is 143 cm³/mol. The van der Waals surface area contributed by atoms with E-state index >= 15 is 0 Å². The number of hydrogen-bond donors (Lipinski definition) is 1. The maximum absolute atomic E-state index is 12.9. The molecule has 0 saturated heterocycles. The summed E-state index contributed by atoms with van der Waals surface area (Å²) in [6.45, 7) is 4.67. The first-order chi connectivity index (χ1) is 16.8. The Morgan fingerprint density at radius 2 is 1.83 bits per heavy atom. The number of carbonyl (C=O) groups excluding carboxylic acids is 1. The number of unbranched alkanes of at least 4 members (excludes halogenated alkanes) is 1. The Morgan fingerprint density at radius 1 is 1.11 bits per heavy atom. The first-order valence-electron chi connectivity index (χ1n) is 11.4. The van der Waals surface area contributed by atoms with Gasteiger partial charge in [-0.25, -0.2) is 23.3 Å². The molecule has 188 valence electrons. The third-order valence-electron chi connectivity index (χ3n) is 5.35. The second-order valence-corrected chi connectivity index (χ2v) is 11.6. The van der Waals surface area contributed by atoms with Gasteiger partial charge in [0.2, 0.25) is 10.0 Å². The number of sulfonamides is 1. The Balaban J connectivity index is 2.00. The molecule has 1 heterocycles. The molecule has 2 aromatic carbocycles. The zero-order chi connectivity index (χ0) is 25.4. The van der Waals surface area contributed by atoms with Crippen LogP contribution in [0.3, 0.4) is 0 Å². The standard InChI is InChI=1S/C25H31N3O4S3/c1-4-6-11-22-27-24(34-17-33-3)23(25(29)32-5-2)28(22)16-18-12-14-19(15-13-18)20-9-7-8-10-21(20)35(26,30)31/h7-10,12-15H,4-6,11,16-17H2,1-3H3,(H2,26,30,31). The first-order valence-corrected chi connectivity index (χ1v) is 15.3. The van der Waals surface area contributed by atoms with Crippen molar-refractivity contribution >= 4 is 39.5 Å². The van der Waals surface area contributed by atoms with Gasteiger partial charge in [-0.1, -0.05) is 67.6 Å². The Kier molecular flexibility index (Phi) is 9.85. The minimum Gasteiger partial charge on any atom is -0.461 e. The number of aryl methyl sites for hydroxylation is 1. The van der Waals surface area contributed by atoms with Crippen LogP contribution < -0.4 is 5.14 Å².